The molecule has 6 heteroatoms. The van der Waals surface area contributed by atoms with Gasteiger partial charge < -0.3 is 5.73 Å². The third kappa shape index (κ3) is 2.77. The second-order valence-electron chi connectivity index (χ2n) is 4.11. The fourth-order valence-corrected chi connectivity index (χ4v) is 2.16. The lowest BCUT2D eigenvalue weighted by Crippen LogP contribution is -2.12. The Balaban J connectivity index is 2.66. The number of amides is 1. The number of hydrogen-bond donors (Lipinski definition) is 1. The highest BCUT2D eigenvalue weighted by Crippen LogP contribution is 2.35. The quantitative estimate of drug-likeness (QED) is 0.890. The third-order valence-electron chi connectivity index (χ3n) is 2.76. The van der Waals surface area contributed by atoms with Crippen LogP contribution in [0.25, 0.3) is 11.1 Å². The summed E-state index contributed by atoms with van der Waals surface area (Å²) in [5.74, 6) is -0.750. The van der Waals surface area contributed by atoms with E-state index >= 15 is 0 Å². The fraction of sp³-hybridized carbons (Fsp3) is 0.0714. The lowest BCUT2D eigenvalue weighted by molar-refractivity contribution is -0.137. The number of halogens is 4. The molecule has 2 nitrogen and oxygen atoms in total. The van der Waals surface area contributed by atoms with Gasteiger partial charge in [0.15, 0.2) is 0 Å². The van der Waals surface area contributed by atoms with Crippen LogP contribution in [0.4, 0.5) is 13.2 Å². The zero-order valence-corrected chi connectivity index (χ0v) is 10.8. The van der Waals surface area contributed by atoms with E-state index in [1.54, 1.807) is 0 Å². The van der Waals surface area contributed by atoms with E-state index in [-0.39, 0.29) is 21.7 Å². The summed E-state index contributed by atoms with van der Waals surface area (Å²) in [6.07, 6.45) is -4.47. The summed E-state index contributed by atoms with van der Waals surface area (Å²) in [7, 11) is 0. The predicted octanol–water partition coefficient (Wildman–Crippen LogP) is 4.12. The topological polar surface area (TPSA) is 43.1 Å². The van der Waals surface area contributed by atoms with Crippen LogP contribution in [-0.2, 0) is 6.18 Å². The van der Waals surface area contributed by atoms with E-state index in [4.69, 9.17) is 17.3 Å². The number of carbonyl (C=O) groups is 1. The van der Waals surface area contributed by atoms with E-state index in [1.165, 1.54) is 30.3 Å². The van der Waals surface area contributed by atoms with Crippen molar-refractivity contribution in [3.63, 3.8) is 0 Å². The molecular weight excluding hydrogens is 291 g/mol. The Labute approximate surface area is 118 Å². The number of nitrogens with two attached hydrogens (primary N) is 1. The highest BCUT2D eigenvalue weighted by molar-refractivity contribution is 6.34. The minimum atomic E-state index is -4.47. The standard InChI is InChI=1S/C14H9ClF3NO/c15-11-6-2-5-10(13(19)20)12(11)8-3-1-4-9(7-8)14(16,17)18/h1-7H,(H2,19,20). The van der Waals surface area contributed by atoms with Crippen molar-refractivity contribution in [2.75, 3.05) is 0 Å². The van der Waals surface area contributed by atoms with Gasteiger partial charge in [0.1, 0.15) is 0 Å². The summed E-state index contributed by atoms with van der Waals surface area (Å²) in [5.41, 5.74) is 4.89. The van der Waals surface area contributed by atoms with Gasteiger partial charge >= 0.3 is 6.18 Å². The van der Waals surface area contributed by atoms with Crippen molar-refractivity contribution in [1.82, 2.24) is 0 Å². The van der Waals surface area contributed by atoms with Crippen molar-refractivity contribution in [3.05, 3.63) is 58.6 Å². The lowest BCUT2D eigenvalue weighted by atomic mass is 9.97. The monoisotopic (exact) mass is 299 g/mol. The Bertz CT molecular complexity index is 668. The second kappa shape index (κ2) is 5.17. The van der Waals surface area contributed by atoms with Crippen molar-refractivity contribution in [2.24, 2.45) is 5.73 Å². The van der Waals surface area contributed by atoms with E-state index in [0.29, 0.717) is 0 Å². The highest BCUT2D eigenvalue weighted by Gasteiger charge is 2.30. The van der Waals surface area contributed by atoms with Crippen LogP contribution < -0.4 is 5.73 Å². The van der Waals surface area contributed by atoms with Crippen LogP contribution in [0.2, 0.25) is 5.02 Å². The number of rotatable bonds is 2. The minimum absolute atomic E-state index is 0.0804. The van der Waals surface area contributed by atoms with Gasteiger partial charge in [-0.15, -0.1) is 0 Å². The van der Waals surface area contributed by atoms with E-state index < -0.39 is 17.6 Å². The molecule has 0 aliphatic carbocycles. The molecule has 0 saturated heterocycles. The Hall–Kier alpha value is -2.01. The van der Waals surface area contributed by atoms with Crippen LogP contribution >= 0.6 is 11.6 Å². The van der Waals surface area contributed by atoms with Gasteiger partial charge in [0.2, 0.25) is 5.91 Å². The van der Waals surface area contributed by atoms with Gasteiger partial charge in [-0.25, -0.2) is 0 Å². The average Bonchev–Trinajstić information content (AvgIpc) is 2.37. The maximum absolute atomic E-state index is 12.7. The van der Waals surface area contributed by atoms with E-state index in [9.17, 15) is 18.0 Å². The molecule has 2 aromatic carbocycles. The summed E-state index contributed by atoms with van der Waals surface area (Å²) < 4.78 is 38.2. The van der Waals surface area contributed by atoms with Gasteiger partial charge in [-0.05, 0) is 29.8 Å². The molecule has 2 aromatic rings. The van der Waals surface area contributed by atoms with Crippen LogP contribution in [0, 0.1) is 0 Å². The molecule has 2 N–H and O–H groups in total. The number of primary amides is 1. The van der Waals surface area contributed by atoms with Gasteiger partial charge in [-0.1, -0.05) is 29.8 Å². The molecule has 0 heterocycles. The first-order valence-corrected chi connectivity index (χ1v) is 5.94. The Morgan fingerprint density at radius 3 is 2.35 bits per heavy atom. The molecule has 0 saturated carbocycles. The third-order valence-corrected chi connectivity index (χ3v) is 3.07. The Morgan fingerprint density at radius 2 is 1.75 bits per heavy atom. The summed E-state index contributed by atoms with van der Waals surface area (Å²) in [6, 6.07) is 9.01. The molecule has 0 fully saturated rings. The molecule has 0 unspecified atom stereocenters. The van der Waals surface area contributed by atoms with Crippen LogP contribution in [0.1, 0.15) is 15.9 Å². The first-order valence-electron chi connectivity index (χ1n) is 5.56. The second-order valence-corrected chi connectivity index (χ2v) is 4.51. The molecule has 0 atom stereocenters. The van der Waals surface area contributed by atoms with Crippen LogP contribution in [0.15, 0.2) is 42.5 Å². The Morgan fingerprint density at radius 1 is 1.10 bits per heavy atom. The van der Waals surface area contributed by atoms with Gasteiger partial charge in [0.25, 0.3) is 0 Å². The largest absolute Gasteiger partial charge is 0.416 e. The van der Waals surface area contributed by atoms with E-state index in [0.717, 1.165) is 12.1 Å². The van der Waals surface area contributed by atoms with Crippen LogP contribution in [0.5, 0.6) is 0 Å². The van der Waals surface area contributed by atoms with Gasteiger partial charge in [0, 0.05) is 16.1 Å². The molecule has 104 valence electrons. The van der Waals surface area contributed by atoms with E-state index in [1.807, 2.05) is 0 Å². The molecule has 0 aliphatic rings. The average molecular weight is 300 g/mol. The smallest absolute Gasteiger partial charge is 0.366 e. The van der Waals surface area contributed by atoms with Gasteiger partial charge in [0.05, 0.1) is 5.56 Å². The molecule has 0 aromatic heterocycles. The molecule has 1 amide bonds. The first kappa shape index (κ1) is 14.4. The van der Waals surface area contributed by atoms with Crippen molar-refractivity contribution < 1.29 is 18.0 Å². The normalized spacial score (nSPS) is 11.4. The minimum Gasteiger partial charge on any atom is -0.366 e. The number of benzene rings is 2. The summed E-state index contributed by atoms with van der Waals surface area (Å²) in [6.45, 7) is 0. The molecule has 2 rings (SSSR count). The van der Waals surface area contributed by atoms with Crippen LogP contribution in [0.3, 0.4) is 0 Å². The number of hydrogen-bond acceptors (Lipinski definition) is 1. The fourth-order valence-electron chi connectivity index (χ4n) is 1.87. The lowest BCUT2D eigenvalue weighted by Gasteiger charge is -2.12. The molecule has 20 heavy (non-hydrogen) atoms. The van der Waals surface area contributed by atoms with Crippen molar-refractivity contribution >= 4 is 17.5 Å². The summed E-state index contributed by atoms with van der Waals surface area (Å²) in [5, 5.41) is 0.167. The Kier molecular flexibility index (Phi) is 3.72. The van der Waals surface area contributed by atoms with Gasteiger partial charge in [-0.2, -0.15) is 13.2 Å². The maximum atomic E-state index is 12.7. The molecule has 0 radical (unpaired) electrons. The van der Waals surface area contributed by atoms with Crippen molar-refractivity contribution in [2.45, 2.75) is 6.18 Å². The van der Waals surface area contributed by atoms with Crippen molar-refractivity contribution in [3.8, 4) is 11.1 Å². The zero-order chi connectivity index (χ0) is 14.9. The SMILES string of the molecule is NC(=O)c1cccc(Cl)c1-c1cccc(C(F)(F)F)c1. The number of alkyl halides is 3. The maximum Gasteiger partial charge on any atom is 0.416 e. The van der Waals surface area contributed by atoms with Crippen molar-refractivity contribution in [1.29, 1.82) is 0 Å². The molecular formula is C14H9ClF3NO. The predicted molar refractivity (Wildman–Crippen MR) is 70.4 cm³/mol. The van der Waals surface area contributed by atoms with Crippen LogP contribution in [-0.4, -0.2) is 5.91 Å². The van der Waals surface area contributed by atoms with Gasteiger partial charge in [-0.3, -0.25) is 4.79 Å². The zero-order valence-electron chi connectivity index (χ0n) is 10.0. The summed E-state index contributed by atoms with van der Waals surface area (Å²) >= 11 is 5.99. The molecule has 0 spiro atoms. The first-order chi connectivity index (χ1) is 9.30. The number of carbonyl (C=O) groups excluding carboxylic acids is 1. The molecule has 0 bridgehead atoms. The highest BCUT2D eigenvalue weighted by atomic mass is 35.5. The molecule has 0 aliphatic heterocycles. The van der Waals surface area contributed by atoms with E-state index in [2.05, 4.69) is 0 Å². The summed E-state index contributed by atoms with van der Waals surface area (Å²) in [4.78, 5) is 11.4.